The molecule has 116 valence electrons. The first-order chi connectivity index (χ1) is 11.7. The van der Waals surface area contributed by atoms with Gasteiger partial charge in [-0.2, -0.15) is 0 Å². The Kier molecular flexibility index (Phi) is 3.02. The van der Waals surface area contributed by atoms with E-state index in [1.54, 1.807) is 0 Å². The van der Waals surface area contributed by atoms with E-state index < -0.39 is 0 Å². The fourth-order valence-electron chi connectivity index (χ4n) is 3.64. The number of fused-ring (bicyclic) bond motifs is 4. The van der Waals surface area contributed by atoms with Crippen molar-refractivity contribution < 1.29 is 4.57 Å². The van der Waals surface area contributed by atoms with Crippen molar-refractivity contribution in [3.63, 3.8) is 0 Å². The molecule has 3 heteroatoms. The highest BCUT2D eigenvalue weighted by atomic mass is 32.2. The van der Waals surface area contributed by atoms with Crippen LogP contribution in [0, 0.1) is 6.92 Å². The van der Waals surface area contributed by atoms with Crippen LogP contribution in [0.25, 0.3) is 41.5 Å². The Bertz CT molecular complexity index is 1230. The summed E-state index contributed by atoms with van der Waals surface area (Å²) in [6.45, 7) is 2.24. The van der Waals surface area contributed by atoms with E-state index in [0.717, 1.165) is 0 Å². The molecule has 3 aromatic heterocycles. The average molecular weight is 347 g/mol. The summed E-state index contributed by atoms with van der Waals surface area (Å²) in [5.41, 5.74) is 4.00. The van der Waals surface area contributed by atoms with Crippen LogP contribution in [-0.4, -0.2) is 0 Å². The average Bonchev–Trinajstić information content (AvgIpc) is 3.17. The van der Waals surface area contributed by atoms with Gasteiger partial charge in [0.1, 0.15) is 7.05 Å². The highest BCUT2D eigenvalue weighted by Gasteiger charge is 2.22. The third-order valence-electron chi connectivity index (χ3n) is 4.84. The lowest BCUT2D eigenvalue weighted by atomic mass is 9.96. The number of rotatable bonds is 1. The predicted octanol–water partition coefficient (Wildman–Crippen LogP) is 6.07. The van der Waals surface area contributed by atoms with Crippen LogP contribution in [0.3, 0.4) is 0 Å². The molecule has 0 aliphatic rings. The maximum Gasteiger partial charge on any atom is 0.221 e. The second kappa shape index (κ2) is 5.13. The molecular weight excluding hydrogens is 330 g/mol. The van der Waals surface area contributed by atoms with Crippen LogP contribution < -0.4 is 4.57 Å². The molecule has 3 heterocycles. The Balaban J connectivity index is 1.95. The first-order valence-electron chi connectivity index (χ1n) is 8.01. The maximum absolute atomic E-state index is 2.28. The monoisotopic (exact) mass is 346 g/mol. The minimum atomic E-state index is 1.31. The predicted molar refractivity (Wildman–Crippen MR) is 106 cm³/mol. The minimum Gasteiger partial charge on any atom is -0.200 e. The Morgan fingerprint density at radius 3 is 2.71 bits per heavy atom. The lowest BCUT2D eigenvalue weighted by molar-refractivity contribution is -0.659. The molecule has 0 radical (unpaired) electrons. The summed E-state index contributed by atoms with van der Waals surface area (Å²) in [5, 5.41) is 7.62. The van der Waals surface area contributed by atoms with Crippen LogP contribution in [0.1, 0.15) is 5.56 Å². The van der Waals surface area contributed by atoms with E-state index in [0.29, 0.717) is 0 Å². The van der Waals surface area contributed by atoms with Gasteiger partial charge < -0.3 is 0 Å². The second-order valence-corrected chi connectivity index (χ2v) is 8.42. The number of hydrogen-bond acceptors (Lipinski definition) is 2. The van der Waals surface area contributed by atoms with Crippen LogP contribution in [0.2, 0.25) is 0 Å². The van der Waals surface area contributed by atoms with E-state index in [-0.39, 0.29) is 0 Å². The topological polar surface area (TPSA) is 3.88 Å². The van der Waals surface area contributed by atoms with E-state index in [1.165, 1.54) is 47.1 Å². The molecule has 5 rings (SSSR count). The van der Waals surface area contributed by atoms with E-state index in [2.05, 4.69) is 78.6 Å². The Labute approximate surface area is 148 Å². The molecule has 0 unspecified atom stereocenters. The third-order valence-corrected chi connectivity index (χ3v) is 7.05. The first kappa shape index (κ1) is 14.1. The normalized spacial score (nSPS) is 11.8. The smallest absolute Gasteiger partial charge is 0.200 e. The molecule has 0 aliphatic carbocycles. The van der Waals surface area contributed by atoms with Crippen molar-refractivity contribution in [2.45, 2.75) is 6.92 Å². The van der Waals surface area contributed by atoms with Crippen LogP contribution in [0.5, 0.6) is 0 Å². The van der Waals surface area contributed by atoms with Crippen molar-refractivity contribution in [3.8, 4) is 11.3 Å². The first-order valence-corrected chi connectivity index (χ1v) is 9.71. The van der Waals surface area contributed by atoms with Crippen molar-refractivity contribution in [3.05, 3.63) is 65.7 Å². The van der Waals surface area contributed by atoms with Gasteiger partial charge in [0.2, 0.25) is 5.69 Å². The molecule has 2 aromatic carbocycles. The molecule has 24 heavy (non-hydrogen) atoms. The summed E-state index contributed by atoms with van der Waals surface area (Å²) in [4.78, 5) is 0. The fourth-order valence-corrected chi connectivity index (χ4v) is 5.81. The largest absolute Gasteiger partial charge is 0.221 e. The SMILES string of the molecule is Cc1c(-c2c3c(cc[n+]2C)sc2sccc23)ccc2ccccc12. The van der Waals surface area contributed by atoms with Gasteiger partial charge in [-0.1, -0.05) is 30.3 Å². The number of benzene rings is 2. The molecule has 0 atom stereocenters. The van der Waals surface area contributed by atoms with Crippen molar-refractivity contribution >= 4 is 52.9 Å². The van der Waals surface area contributed by atoms with E-state index in [1.807, 2.05) is 22.7 Å². The molecule has 0 aliphatic heterocycles. The van der Waals surface area contributed by atoms with Gasteiger partial charge in [-0.05, 0) is 40.8 Å². The molecule has 5 aromatic rings. The van der Waals surface area contributed by atoms with Crippen LogP contribution in [0.15, 0.2) is 60.1 Å². The van der Waals surface area contributed by atoms with Gasteiger partial charge in [-0.3, -0.25) is 0 Å². The number of nitrogens with zero attached hydrogens (tertiary/aromatic N) is 1. The summed E-state index contributed by atoms with van der Waals surface area (Å²) in [5.74, 6) is 0. The summed E-state index contributed by atoms with van der Waals surface area (Å²) in [6, 6.07) is 17.7. The lowest BCUT2D eigenvalue weighted by Crippen LogP contribution is -2.30. The quantitative estimate of drug-likeness (QED) is 0.324. The molecule has 0 bridgehead atoms. The molecule has 0 saturated heterocycles. The Morgan fingerprint density at radius 2 is 1.79 bits per heavy atom. The molecule has 0 spiro atoms. The summed E-state index contributed by atoms with van der Waals surface area (Å²) in [6.07, 6.45) is 2.19. The number of aromatic nitrogens is 1. The minimum absolute atomic E-state index is 1.31. The standard InChI is InChI=1S/C21H16NS2/c1-13-15-6-4-3-5-14(15)7-8-16(13)20-19-17-10-12-23-21(17)24-18(19)9-11-22(20)2/h3-12H,1-2H3/q+1. The number of aryl methyl sites for hydroxylation is 2. The number of thiophene rings is 2. The molecule has 0 amide bonds. The van der Waals surface area contributed by atoms with Gasteiger partial charge in [-0.25, -0.2) is 4.57 Å². The molecule has 0 fully saturated rings. The summed E-state index contributed by atoms with van der Waals surface area (Å²) >= 11 is 3.74. The van der Waals surface area contributed by atoms with Gasteiger partial charge in [-0.15, -0.1) is 22.7 Å². The van der Waals surface area contributed by atoms with E-state index in [4.69, 9.17) is 0 Å². The van der Waals surface area contributed by atoms with Gasteiger partial charge in [0, 0.05) is 16.2 Å². The zero-order valence-corrected chi connectivity index (χ0v) is 15.2. The van der Waals surface area contributed by atoms with Gasteiger partial charge >= 0.3 is 0 Å². The van der Waals surface area contributed by atoms with Gasteiger partial charge in [0.05, 0.1) is 15.0 Å². The molecule has 1 nitrogen and oxygen atoms in total. The number of hydrogen-bond donors (Lipinski definition) is 0. The molecular formula is C21H16NS2+. The van der Waals surface area contributed by atoms with Crippen LogP contribution in [-0.2, 0) is 7.05 Å². The van der Waals surface area contributed by atoms with Crippen LogP contribution in [0.4, 0.5) is 0 Å². The highest BCUT2D eigenvalue weighted by molar-refractivity contribution is 7.41. The van der Waals surface area contributed by atoms with Crippen molar-refractivity contribution in [1.82, 2.24) is 0 Å². The zero-order chi connectivity index (χ0) is 16.3. The zero-order valence-electron chi connectivity index (χ0n) is 13.5. The fraction of sp³-hybridized carbons (Fsp3) is 0.0952. The lowest BCUT2D eigenvalue weighted by Gasteiger charge is -2.09. The molecule has 0 saturated carbocycles. The van der Waals surface area contributed by atoms with Crippen LogP contribution >= 0.6 is 22.7 Å². The molecule has 0 N–H and O–H groups in total. The Morgan fingerprint density at radius 1 is 0.917 bits per heavy atom. The Hall–Kier alpha value is -2.23. The highest BCUT2D eigenvalue weighted by Crippen LogP contribution is 2.41. The van der Waals surface area contributed by atoms with E-state index >= 15 is 0 Å². The van der Waals surface area contributed by atoms with E-state index in [9.17, 15) is 0 Å². The summed E-state index contributed by atoms with van der Waals surface area (Å²) < 4.78 is 5.05. The van der Waals surface area contributed by atoms with Gasteiger partial charge in [0.15, 0.2) is 6.20 Å². The van der Waals surface area contributed by atoms with Crippen molar-refractivity contribution in [2.24, 2.45) is 7.05 Å². The van der Waals surface area contributed by atoms with Crippen molar-refractivity contribution in [2.75, 3.05) is 0 Å². The van der Waals surface area contributed by atoms with Gasteiger partial charge in [0.25, 0.3) is 0 Å². The maximum atomic E-state index is 2.28. The second-order valence-electron chi connectivity index (χ2n) is 6.20. The summed E-state index contributed by atoms with van der Waals surface area (Å²) in [7, 11) is 2.15. The number of pyridine rings is 1. The third kappa shape index (κ3) is 1.89. The van der Waals surface area contributed by atoms with Crippen molar-refractivity contribution in [1.29, 1.82) is 0 Å².